The van der Waals surface area contributed by atoms with Crippen molar-refractivity contribution in [2.45, 2.75) is 51.6 Å². The minimum atomic E-state index is -0.488. The Morgan fingerprint density at radius 1 is 1.19 bits per heavy atom. The Morgan fingerprint density at radius 3 is 2.42 bits per heavy atom. The first kappa shape index (κ1) is 22.0. The number of azide groups is 1. The van der Waals surface area contributed by atoms with E-state index in [0.717, 1.165) is 12.0 Å². The van der Waals surface area contributed by atoms with Crippen LogP contribution in [0.2, 0.25) is 0 Å². The van der Waals surface area contributed by atoms with Gasteiger partial charge in [0.2, 0.25) is 0 Å². The molecule has 1 aromatic carbocycles. The summed E-state index contributed by atoms with van der Waals surface area (Å²) in [6, 6.07) is 7.35. The molecular weight excluding hydrogens is 330 g/mol. The van der Waals surface area contributed by atoms with Crippen molar-refractivity contribution in [3.05, 3.63) is 45.8 Å². The van der Waals surface area contributed by atoms with Crippen molar-refractivity contribution in [3.63, 3.8) is 0 Å². The molecule has 0 unspecified atom stereocenters. The van der Waals surface area contributed by atoms with Crippen LogP contribution in [-0.2, 0) is 11.2 Å². The van der Waals surface area contributed by atoms with Crippen molar-refractivity contribution in [1.82, 2.24) is 10.6 Å². The number of nitrogens with one attached hydrogen (secondary N) is 2. The van der Waals surface area contributed by atoms with Gasteiger partial charge in [-0.3, -0.25) is 4.79 Å². The second-order valence-corrected chi connectivity index (χ2v) is 7.63. The molecule has 1 rings (SSSR count). The third-order valence-electron chi connectivity index (χ3n) is 4.25. The second kappa shape index (κ2) is 10.2. The Balaban J connectivity index is 2.36. The number of amides is 1. The molecule has 1 amide bonds. The van der Waals surface area contributed by atoms with Gasteiger partial charge in [-0.1, -0.05) is 31.1 Å². The van der Waals surface area contributed by atoms with Crippen LogP contribution in [0.25, 0.3) is 10.4 Å². The molecule has 0 saturated heterocycles. The zero-order valence-electron chi connectivity index (χ0n) is 16.5. The zero-order chi connectivity index (χ0) is 19.6. The Kier molecular flexibility index (Phi) is 8.58. The maximum absolute atomic E-state index is 12.1. The van der Waals surface area contributed by atoms with Gasteiger partial charge < -0.3 is 15.4 Å². The fourth-order valence-electron chi connectivity index (χ4n) is 2.32. The van der Waals surface area contributed by atoms with Crippen LogP contribution in [0.3, 0.4) is 0 Å². The van der Waals surface area contributed by atoms with Gasteiger partial charge in [0.15, 0.2) is 0 Å². The molecule has 2 N–H and O–H groups in total. The van der Waals surface area contributed by atoms with E-state index in [1.807, 2.05) is 33.0 Å². The van der Waals surface area contributed by atoms with Crippen LogP contribution in [0.1, 0.15) is 50.0 Å². The van der Waals surface area contributed by atoms with E-state index >= 15 is 0 Å². The molecule has 0 aromatic heterocycles. The van der Waals surface area contributed by atoms with Crippen LogP contribution in [-0.4, -0.2) is 43.8 Å². The van der Waals surface area contributed by atoms with Crippen LogP contribution < -0.4 is 10.6 Å². The lowest BCUT2D eigenvalue weighted by atomic mass is 9.95. The number of ether oxygens (including phenoxy) is 1. The molecular formula is C19H31N5O2. The molecule has 0 aliphatic heterocycles. The standard InChI is InChI=1S/C19H31N5O2/c1-18(2,21-5)10-12-26-13-11-22-17(25)16-8-6-15(7-9-16)14-19(3,4)23-24-20/h6-9,21H,10-14H2,1-5H3,(H,22,25). The first-order chi connectivity index (χ1) is 12.2. The Labute approximate surface area is 156 Å². The minimum Gasteiger partial charge on any atom is -0.380 e. The summed E-state index contributed by atoms with van der Waals surface area (Å²) in [6.45, 7) is 9.62. The fourth-order valence-corrected chi connectivity index (χ4v) is 2.32. The summed E-state index contributed by atoms with van der Waals surface area (Å²) in [6.07, 6.45) is 1.53. The molecule has 1 aromatic rings. The lowest BCUT2D eigenvalue weighted by Gasteiger charge is -2.23. The summed E-state index contributed by atoms with van der Waals surface area (Å²) >= 11 is 0. The summed E-state index contributed by atoms with van der Waals surface area (Å²) in [4.78, 5) is 15.0. The molecule has 0 bridgehead atoms. The molecule has 0 saturated carbocycles. The van der Waals surface area contributed by atoms with Gasteiger partial charge in [-0.25, -0.2) is 0 Å². The van der Waals surface area contributed by atoms with Gasteiger partial charge in [-0.05, 0) is 57.0 Å². The van der Waals surface area contributed by atoms with Crippen molar-refractivity contribution < 1.29 is 9.53 Å². The summed E-state index contributed by atoms with van der Waals surface area (Å²) in [7, 11) is 1.93. The molecule has 26 heavy (non-hydrogen) atoms. The van der Waals surface area contributed by atoms with E-state index in [-0.39, 0.29) is 11.4 Å². The highest BCUT2D eigenvalue weighted by molar-refractivity contribution is 5.94. The summed E-state index contributed by atoms with van der Waals surface area (Å²) in [5, 5.41) is 9.85. The number of carbonyl (C=O) groups excluding carboxylic acids is 1. The number of rotatable bonds is 11. The van der Waals surface area contributed by atoms with Gasteiger partial charge >= 0.3 is 0 Å². The topological polar surface area (TPSA) is 99.1 Å². The number of nitrogens with zero attached hydrogens (tertiary/aromatic N) is 3. The lowest BCUT2D eigenvalue weighted by Crippen LogP contribution is -2.37. The van der Waals surface area contributed by atoms with Crippen molar-refractivity contribution in [1.29, 1.82) is 0 Å². The number of hydrogen-bond donors (Lipinski definition) is 2. The molecule has 0 atom stereocenters. The van der Waals surface area contributed by atoms with Gasteiger partial charge in [0.25, 0.3) is 5.91 Å². The first-order valence-electron chi connectivity index (χ1n) is 8.89. The van der Waals surface area contributed by atoms with E-state index in [0.29, 0.717) is 31.7 Å². The van der Waals surface area contributed by atoms with E-state index in [1.165, 1.54) is 0 Å². The van der Waals surface area contributed by atoms with Crippen LogP contribution in [0.4, 0.5) is 0 Å². The third-order valence-corrected chi connectivity index (χ3v) is 4.25. The number of benzene rings is 1. The number of carbonyl (C=O) groups is 1. The van der Waals surface area contributed by atoms with Crippen LogP contribution in [0, 0.1) is 0 Å². The maximum atomic E-state index is 12.1. The van der Waals surface area contributed by atoms with Crippen molar-refractivity contribution in [2.75, 3.05) is 26.8 Å². The Morgan fingerprint density at radius 2 is 1.85 bits per heavy atom. The quantitative estimate of drug-likeness (QED) is 0.273. The first-order valence-corrected chi connectivity index (χ1v) is 8.89. The van der Waals surface area contributed by atoms with Crippen molar-refractivity contribution in [3.8, 4) is 0 Å². The van der Waals surface area contributed by atoms with Crippen molar-refractivity contribution >= 4 is 5.91 Å². The Bertz CT molecular complexity index is 619. The largest absolute Gasteiger partial charge is 0.380 e. The summed E-state index contributed by atoms with van der Waals surface area (Å²) < 4.78 is 5.56. The van der Waals surface area contributed by atoms with Gasteiger partial charge in [0.05, 0.1) is 6.61 Å². The predicted molar refractivity (Wildman–Crippen MR) is 104 cm³/mol. The molecule has 144 valence electrons. The summed E-state index contributed by atoms with van der Waals surface area (Å²) in [5.74, 6) is -0.120. The van der Waals surface area contributed by atoms with E-state index in [1.54, 1.807) is 12.1 Å². The Hall–Kier alpha value is -2.08. The molecule has 0 aliphatic rings. The highest BCUT2D eigenvalue weighted by Gasteiger charge is 2.16. The monoisotopic (exact) mass is 361 g/mol. The molecule has 0 radical (unpaired) electrons. The maximum Gasteiger partial charge on any atom is 0.251 e. The van der Waals surface area contributed by atoms with Gasteiger partial charge in [-0.2, -0.15) is 0 Å². The lowest BCUT2D eigenvalue weighted by molar-refractivity contribution is 0.0894. The predicted octanol–water partition coefficient (Wildman–Crippen LogP) is 3.45. The SMILES string of the molecule is CNC(C)(C)CCOCCNC(=O)c1ccc(CC(C)(C)N=[N+]=[N-])cc1. The zero-order valence-corrected chi connectivity index (χ0v) is 16.5. The van der Waals surface area contributed by atoms with Gasteiger partial charge in [0, 0.05) is 34.7 Å². The van der Waals surface area contributed by atoms with Crippen molar-refractivity contribution in [2.24, 2.45) is 5.11 Å². The number of hydrogen-bond acceptors (Lipinski definition) is 4. The molecule has 7 heteroatoms. The minimum absolute atomic E-state index is 0.0537. The molecule has 0 heterocycles. The van der Waals surface area contributed by atoms with Crippen LogP contribution in [0.15, 0.2) is 29.4 Å². The summed E-state index contributed by atoms with van der Waals surface area (Å²) in [5.41, 5.74) is 9.77. The van der Waals surface area contributed by atoms with E-state index in [9.17, 15) is 4.79 Å². The van der Waals surface area contributed by atoms with Gasteiger partial charge in [0.1, 0.15) is 0 Å². The van der Waals surface area contributed by atoms with Crippen LogP contribution >= 0.6 is 0 Å². The fraction of sp³-hybridized carbons (Fsp3) is 0.632. The van der Waals surface area contributed by atoms with E-state index in [4.69, 9.17) is 10.3 Å². The molecule has 7 nitrogen and oxygen atoms in total. The molecule has 0 fully saturated rings. The second-order valence-electron chi connectivity index (χ2n) is 7.63. The smallest absolute Gasteiger partial charge is 0.251 e. The third kappa shape index (κ3) is 8.34. The average Bonchev–Trinajstić information content (AvgIpc) is 2.58. The van der Waals surface area contributed by atoms with Crippen LogP contribution in [0.5, 0.6) is 0 Å². The molecule has 0 spiro atoms. The molecule has 0 aliphatic carbocycles. The van der Waals surface area contributed by atoms with E-state index in [2.05, 4.69) is 34.5 Å². The normalized spacial score (nSPS) is 11.7. The average molecular weight is 361 g/mol. The highest BCUT2D eigenvalue weighted by Crippen LogP contribution is 2.17. The van der Waals surface area contributed by atoms with E-state index < -0.39 is 5.54 Å². The van der Waals surface area contributed by atoms with Gasteiger partial charge in [-0.15, -0.1) is 0 Å². The highest BCUT2D eigenvalue weighted by atomic mass is 16.5.